The molecule has 0 heterocycles. The molecule has 0 saturated heterocycles. The quantitative estimate of drug-likeness (QED) is 0.414. The van der Waals surface area contributed by atoms with Gasteiger partial charge in [-0.15, -0.1) is 0 Å². The number of rotatable bonds is 2. The first-order valence-electron chi connectivity index (χ1n) is 2.37. The van der Waals surface area contributed by atoms with Crippen LogP contribution < -0.4 is 0 Å². The summed E-state index contributed by atoms with van der Waals surface area (Å²) in [4.78, 5) is 0. The van der Waals surface area contributed by atoms with Crippen molar-refractivity contribution in [2.75, 3.05) is 0 Å². The van der Waals surface area contributed by atoms with Gasteiger partial charge in [-0.1, -0.05) is 19.1 Å². The Bertz CT molecular complexity index is 72.2. The Balaban J connectivity index is 3.09. The molecule has 0 spiro atoms. The third-order valence-electron chi connectivity index (χ3n) is 0.569. The van der Waals surface area contributed by atoms with Crippen LogP contribution in [0.15, 0.2) is 24.5 Å². The lowest BCUT2D eigenvalue weighted by Gasteiger charge is -1.70. The molecule has 0 aromatic carbocycles. The maximum absolute atomic E-state index is 8.06. The normalized spacial score (nSPS) is 11.6. The molecule has 7 heavy (non-hydrogen) atoms. The second kappa shape index (κ2) is 5.28. The zero-order valence-corrected chi connectivity index (χ0v) is 4.46. The smallest absolute Gasteiger partial charge is 0.0791 e. The Morgan fingerprint density at radius 1 is 1.43 bits per heavy atom. The van der Waals surface area contributed by atoms with Crippen LogP contribution in [0.5, 0.6) is 0 Å². The van der Waals surface area contributed by atoms with E-state index in [0.29, 0.717) is 0 Å². The summed E-state index contributed by atoms with van der Waals surface area (Å²) in [5.74, 6) is 0. The van der Waals surface area contributed by atoms with Gasteiger partial charge in [0, 0.05) is 0 Å². The summed E-state index contributed by atoms with van der Waals surface area (Å²) in [6, 6.07) is 0. The number of hydrogen-bond acceptors (Lipinski definition) is 1. The molecule has 0 radical (unpaired) electrons. The van der Waals surface area contributed by atoms with Crippen molar-refractivity contribution in [3.63, 3.8) is 0 Å². The van der Waals surface area contributed by atoms with E-state index in [2.05, 4.69) is 0 Å². The molecule has 1 heteroatoms. The van der Waals surface area contributed by atoms with Gasteiger partial charge in [-0.05, 0) is 12.5 Å². The van der Waals surface area contributed by atoms with E-state index in [9.17, 15) is 0 Å². The number of allylic oxidation sites excluding steroid dienone is 3. The fourth-order valence-corrected chi connectivity index (χ4v) is 0.264. The van der Waals surface area contributed by atoms with E-state index in [1.54, 1.807) is 12.2 Å². The monoisotopic (exact) mass is 98.1 g/mol. The van der Waals surface area contributed by atoms with Gasteiger partial charge in [-0.3, -0.25) is 0 Å². The van der Waals surface area contributed by atoms with Gasteiger partial charge in [0.25, 0.3) is 0 Å². The van der Waals surface area contributed by atoms with Gasteiger partial charge in [-0.25, -0.2) is 0 Å². The van der Waals surface area contributed by atoms with E-state index in [0.717, 1.165) is 12.7 Å². The largest absolute Gasteiger partial charge is 0.516 e. The Hall–Kier alpha value is -0.720. The van der Waals surface area contributed by atoms with Gasteiger partial charge >= 0.3 is 0 Å². The predicted octanol–water partition coefficient (Wildman–Crippen LogP) is 2.02. The Morgan fingerprint density at radius 2 is 2.14 bits per heavy atom. The van der Waals surface area contributed by atoms with Crippen LogP contribution in [0.1, 0.15) is 13.3 Å². The van der Waals surface area contributed by atoms with Crippen molar-refractivity contribution in [3.05, 3.63) is 24.5 Å². The van der Waals surface area contributed by atoms with Crippen molar-refractivity contribution in [1.82, 2.24) is 0 Å². The van der Waals surface area contributed by atoms with Gasteiger partial charge < -0.3 is 5.11 Å². The van der Waals surface area contributed by atoms with Crippen molar-refractivity contribution < 1.29 is 5.11 Å². The molecule has 0 unspecified atom stereocenters. The van der Waals surface area contributed by atoms with Gasteiger partial charge in [-0.2, -0.15) is 0 Å². The first-order chi connectivity index (χ1) is 3.41. The molecule has 0 aliphatic heterocycles. The molecule has 40 valence electrons. The molecule has 0 bridgehead atoms. The molecular formula is C6H10O. The zero-order chi connectivity index (χ0) is 5.54. The highest BCUT2D eigenvalue weighted by Gasteiger charge is 1.58. The van der Waals surface area contributed by atoms with Crippen LogP contribution in [0.4, 0.5) is 0 Å². The summed E-state index contributed by atoms with van der Waals surface area (Å²) in [7, 11) is 0. The van der Waals surface area contributed by atoms with Crippen LogP contribution in [-0.2, 0) is 0 Å². The lowest BCUT2D eigenvalue weighted by molar-refractivity contribution is 0.473. The summed E-state index contributed by atoms with van der Waals surface area (Å²) in [6.07, 6.45) is 7.40. The van der Waals surface area contributed by atoms with Gasteiger partial charge in [0.05, 0.1) is 6.26 Å². The van der Waals surface area contributed by atoms with E-state index in [1.807, 2.05) is 13.0 Å². The minimum atomic E-state index is 1.02. The molecule has 0 fully saturated rings. The Kier molecular flexibility index (Phi) is 4.74. The summed E-state index contributed by atoms with van der Waals surface area (Å²) < 4.78 is 0. The molecule has 0 saturated carbocycles. The van der Waals surface area contributed by atoms with Crippen molar-refractivity contribution in [2.24, 2.45) is 0 Å². The molecule has 1 N–H and O–H groups in total. The molecule has 0 aromatic rings. The van der Waals surface area contributed by atoms with Crippen LogP contribution in [-0.4, -0.2) is 5.11 Å². The summed E-state index contributed by atoms with van der Waals surface area (Å²) >= 11 is 0. The van der Waals surface area contributed by atoms with E-state index in [4.69, 9.17) is 5.11 Å². The highest BCUT2D eigenvalue weighted by Crippen LogP contribution is 1.78. The zero-order valence-electron chi connectivity index (χ0n) is 4.46. The SMILES string of the molecule is CC/C=C\C=C/O. The first-order valence-corrected chi connectivity index (χ1v) is 2.37. The molecule has 0 rings (SSSR count). The van der Waals surface area contributed by atoms with Crippen molar-refractivity contribution in [2.45, 2.75) is 13.3 Å². The summed E-state index contributed by atoms with van der Waals surface area (Å²) in [5, 5.41) is 8.06. The van der Waals surface area contributed by atoms with Gasteiger partial charge in [0.2, 0.25) is 0 Å². The lowest BCUT2D eigenvalue weighted by atomic mass is 10.4. The molecule has 0 aromatic heterocycles. The standard InChI is InChI=1S/C6H10O/c1-2-3-4-5-6-7/h3-7H,2H2,1H3/b4-3-,6-5-. The van der Waals surface area contributed by atoms with Crippen LogP contribution >= 0.6 is 0 Å². The van der Waals surface area contributed by atoms with Crippen molar-refractivity contribution in [3.8, 4) is 0 Å². The fourth-order valence-electron chi connectivity index (χ4n) is 0.264. The van der Waals surface area contributed by atoms with Crippen LogP contribution in [0.25, 0.3) is 0 Å². The molecule has 0 amide bonds. The van der Waals surface area contributed by atoms with Crippen LogP contribution in [0.3, 0.4) is 0 Å². The maximum Gasteiger partial charge on any atom is 0.0791 e. The molecule has 0 aliphatic carbocycles. The second-order valence-electron chi connectivity index (χ2n) is 1.18. The topological polar surface area (TPSA) is 20.2 Å². The maximum atomic E-state index is 8.06. The first kappa shape index (κ1) is 6.28. The summed E-state index contributed by atoms with van der Waals surface area (Å²) in [5.41, 5.74) is 0. The van der Waals surface area contributed by atoms with Crippen LogP contribution in [0.2, 0.25) is 0 Å². The Labute approximate surface area is 44.0 Å². The van der Waals surface area contributed by atoms with E-state index < -0.39 is 0 Å². The third-order valence-corrected chi connectivity index (χ3v) is 0.569. The minimum absolute atomic E-state index is 1.02. The Morgan fingerprint density at radius 3 is 2.57 bits per heavy atom. The van der Waals surface area contributed by atoms with E-state index in [-0.39, 0.29) is 0 Å². The third kappa shape index (κ3) is 5.28. The van der Waals surface area contributed by atoms with Crippen molar-refractivity contribution in [1.29, 1.82) is 0 Å². The molecule has 0 atom stereocenters. The summed E-state index contributed by atoms with van der Waals surface area (Å²) in [6.45, 7) is 2.04. The minimum Gasteiger partial charge on any atom is -0.516 e. The van der Waals surface area contributed by atoms with E-state index in [1.165, 1.54) is 0 Å². The van der Waals surface area contributed by atoms with Gasteiger partial charge in [0.15, 0.2) is 0 Å². The molecule has 1 nitrogen and oxygen atoms in total. The number of aliphatic hydroxyl groups excluding tert-OH is 1. The highest BCUT2D eigenvalue weighted by molar-refractivity contribution is 4.98. The van der Waals surface area contributed by atoms with Gasteiger partial charge in [0.1, 0.15) is 0 Å². The second-order valence-corrected chi connectivity index (χ2v) is 1.18. The van der Waals surface area contributed by atoms with Crippen molar-refractivity contribution >= 4 is 0 Å². The average molecular weight is 98.1 g/mol. The lowest BCUT2D eigenvalue weighted by Crippen LogP contribution is -1.50. The van der Waals surface area contributed by atoms with Crippen LogP contribution in [0, 0.1) is 0 Å². The van der Waals surface area contributed by atoms with E-state index >= 15 is 0 Å². The highest BCUT2D eigenvalue weighted by atomic mass is 16.2. The molecular weight excluding hydrogens is 88.1 g/mol. The number of hydrogen-bond donors (Lipinski definition) is 1. The average Bonchev–Trinajstić information content (AvgIpc) is 1.69. The predicted molar refractivity (Wildman–Crippen MR) is 31.2 cm³/mol. The number of aliphatic hydroxyl groups is 1. The molecule has 0 aliphatic rings. The fraction of sp³-hybridized carbons (Fsp3) is 0.333.